The van der Waals surface area contributed by atoms with E-state index in [1.54, 1.807) is 19.2 Å². The monoisotopic (exact) mass is 274 g/mol. The molecule has 0 aliphatic heterocycles. The largest absolute Gasteiger partial charge is 0.497 e. The molecule has 0 bridgehead atoms. The van der Waals surface area contributed by atoms with Crippen molar-refractivity contribution in [3.63, 3.8) is 0 Å². The molecule has 2 aromatic rings. The summed E-state index contributed by atoms with van der Waals surface area (Å²) < 4.78 is 18.0. The third kappa shape index (κ3) is 3.48. The molecule has 0 spiro atoms. The van der Waals surface area contributed by atoms with Crippen LogP contribution in [0.15, 0.2) is 48.5 Å². The van der Waals surface area contributed by atoms with Gasteiger partial charge in [-0.3, -0.25) is 0 Å². The fourth-order valence-corrected chi connectivity index (χ4v) is 2.05. The predicted molar refractivity (Wildman–Crippen MR) is 79.6 cm³/mol. The van der Waals surface area contributed by atoms with Crippen LogP contribution in [-0.4, -0.2) is 20.7 Å². The Morgan fingerprint density at radius 3 is 2.25 bits per heavy atom. The summed E-state index contributed by atoms with van der Waals surface area (Å²) in [5, 5.41) is 0. The fourth-order valence-electron chi connectivity index (χ4n) is 2.05. The summed E-state index contributed by atoms with van der Waals surface area (Å²) in [4.78, 5) is 2.01. The molecule has 106 valence electrons. The number of nitrogens with zero attached hydrogens (tertiary/aromatic N) is 1. The summed E-state index contributed by atoms with van der Waals surface area (Å²) in [5.41, 5.74) is 8.18. The number of hydrogen-bond donors (Lipinski definition) is 1. The number of hydrogen-bond acceptors (Lipinski definition) is 3. The van der Waals surface area contributed by atoms with Crippen molar-refractivity contribution in [3.05, 3.63) is 59.9 Å². The third-order valence-corrected chi connectivity index (χ3v) is 3.28. The van der Waals surface area contributed by atoms with Crippen LogP contribution in [0.2, 0.25) is 0 Å². The van der Waals surface area contributed by atoms with Crippen molar-refractivity contribution in [3.8, 4) is 5.75 Å². The Morgan fingerprint density at radius 2 is 1.70 bits per heavy atom. The maximum atomic E-state index is 12.9. The molecule has 3 nitrogen and oxygen atoms in total. The van der Waals surface area contributed by atoms with Gasteiger partial charge in [-0.2, -0.15) is 0 Å². The molecule has 1 unspecified atom stereocenters. The van der Waals surface area contributed by atoms with Gasteiger partial charge in [0.25, 0.3) is 0 Å². The number of nitrogens with two attached hydrogens (primary N) is 1. The minimum atomic E-state index is -0.235. The average molecular weight is 274 g/mol. The molecule has 0 saturated carbocycles. The molecule has 2 aromatic carbocycles. The molecule has 0 aliphatic carbocycles. The lowest BCUT2D eigenvalue weighted by Gasteiger charge is -2.23. The van der Waals surface area contributed by atoms with Crippen LogP contribution in [0.5, 0.6) is 5.75 Å². The normalized spacial score (nSPS) is 12.0. The smallest absolute Gasteiger partial charge is 0.123 e. The van der Waals surface area contributed by atoms with Crippen molar-refractivity contribution in [1.82, 2.24) is 0 Å². The van der Waals surface area contributed by atoms with Gasteiger partial charge in [-0.15, -0.1) is 0 Å². The zero-order valence-electron chi connectivity index (χ0n) is 11.7. The second kappa shape index (κ2) is 6.39. The number of likely N-dealkylation sites (N-methyl/N-ethyl adjacent to an activating group) is 1. The van der Waals surface area contributed by atoms with Gasteiger partial charge < -0.3 is 15.4 Å². The number of ether oxygens (including phenoxy) is 1. The molecule has 20 heavy (non-hydrogen) atoms. The van der Waals surface area contributed by atoms with Gasteiger partial charge in [-0.25, -0.2) is 4.39 Å². The van der Waals surface area contributed by atoms with Crippen LogP contribution in [-0.2, 0) is 0 Å². The highest BCUT2D eigenvalue weighted by atomic mass is 19.1. The molecular weight excluding hydrogens is 255 g/mol. The van der Waals surface area contributed by atoms with E-state index in [1.165, 1.54) is 12.1 Å². The van der Waals surface area contributed by atoms with Crippen LogP contribution in [0.3, 0.4) is 0 Å². The molecule has 2 N–H and O–H groups in total. The molecular formula is C16H19FN2O. The lowest BCUT2D eigenvalue weighted by Crippen LogP contribution is -2.28. The van der Waals surface area contributed by atoms with E-state index in [4.69, 9.17) is 10.5 Å². The van der Waals surface area contributed by atoms with Gasteiger partial charge in [-0.1, -0.05) is 12.1 Å². The standard InChI is InChI=1S/C16H19FN2O/c1-19(14-7-5-13(17)6-8-14)11-16(18)12-3-9-15(20-2)10-4-12/h3-10,16H,11,18H2,1-2H3. The van der Waals surface area contributed by atoms with Gasteiger partial charge >= 0.3 is 0 Å². The SMILES string of the molecule is COc1ccc(C(N)CN(C)c2ccc(F)cc2)cc1. The van der Waals surface area contributed by atoms with Crippen molar-refractivity contribution in [2.45, 2.75) is 6.04 Å². The molecule has 0 amide bonds. The van der Waals surface area contributed by atoms with E-state index in [-0.39, 0.29) is 11.9 Å². The molecule has 4 heteroatoms. The number of halogens is 1. The van der Waals surface area contributed by atoms with E-state index in [2.05, 4.69) is 0 Å². The highest BCUT2D eigenvalue weighted by molar-refractivity contribution is 5.46. The first-order valence-electron chi connectivity index (χ1n) is 6.46. The van der Waals surface area contributed by atoms with Gasteiger partial charge in [0.1, 0.15) is 11.6 Å². The molecule has 0 aliphatic rings. The minimum absolute atomic E-state index is 0.115. The minimum Gasteiger partial charge on any atom is -0.497 e. The van der Waals surface area contributed by atoms with Crippen molar-refractivity contribution in [2.75, 3.05) is 25.6 Å². The van der Waals surface area contributed by atoms with Gasteiger partial charge in [0, 0.05) is 25.3 Å². The molecule has 1 atom stereocenters. The van der Waals surface area contributed by atoms with E-state index < -0.39 is 0 Å². The number of methoxy groups -OCH3 is 1. The van der Waals surface area contributed by atoms with Crippen molar-refractivity contribution >= 4 is 5.69 Å². The Labute approximate surface area is 118 Å². The van der Waals surface area contributed by atoms with Gasteiger partial charge in [0.2, 0.25) is 0 Å². The summed E-state index contributed by atoms with van der Waals surface area (Å²) in [6.07, 6.45) is 0. The molecule has 2 rings (SSSR count). The number of anilines is 1. The second-order valence-corrected chi connectivity index (χ2v) is 4.74. The van der Waals surface area contributed by atoms with E-state index in [0.29, 0.717) is 6.54 Å². The second-order valence-electron chi connectivity index (χ2n) is 4.74. The van der Waals surface area contributed by atoms with E-state index >= 15 is 0 Å². The zero-order valence-corrected chi connectivity index (χ0v) is 11.7. The lowest BCUT2D eigenvalue weighted by molar-refractivity contribution is 0.414. The topological polar surface area (TPSA) is 38.5 Å². The highest BCUT2D eigenvalue weighted by Crippen LogP contribution is 2.19. The first kappa shape index (κ1) is 14.3. The fraction of sp³-hybridized carbons (Fsp3) is 0.250. The van der Waals surface area contributed by atoms with E-state index in [0.717, 1.165) is 17.0 Å². The first-order chi connectivity index (χ1) is 9.60. The highest BCUT2D eigenvalue weighted by Gasteiger charge is 2.10. The predicted octanol–water partition coefficient (Wildman–Crippen LogP) is 2.97. The van der Waals surface area contributed by atoms with Crippen LogP contribution in [0.1, 0.15) is 11.6 Å². The van der Waals surface area contributed by atoms with Gasteiger partial charge in [0.05, 0.1) is 7.11 Å². The Kier molecular flexibility index (Phi) is 4.58. The Balaban J connectivity index is 2.02. The average Bonchev–Trinajstić information content (AvgIpc) is 2.48. The third-order valence-electron chi connectivity index (χ3n) is 3.28. The van der Waals surface area contributed by atoms with Crippen molar-refractivity contribution in [2.24, 2.45) is 5.73 Å². The summed E-state index contributed by atoms with van der Waals surface area (Å²) >= 11 is 0. The first-order valence-corrected chi connectivity index (χ1v) is 6.46. The van der Waals surface area contributed by atoms with Gasteiger partial charge in [0.15, 0.2) is 0 Å². The molecule has 0 radical (unpaired) electrons. The van der Waals surface area contributed by atoms with Crippen LogP contribution in [0.25, 0.3) is 0 Å². The van der Waals surface area contributed by atoms with E-state index in [9.17, 15) is 4.39 Å². The van der Waals surface area contributed by atoms with E-state index in [1.807, 2.05) is 36.2 Å². The van der Waals surface area contributed by atoms with Crippen LogP contribution >= 0.6 is 0 Å². The van der Waals surface area contributed by atoms with Crippen LogP contribution in [0, 0.1) is 5.82 Å². The molecule has 0 fully saturated rings. The van der Waals surface area contributed by atoms with Gasteiger partial charge in [-0.05, 0) is 42.0 Å². The molecule has 0 aromatic heterocycles. The molecule has 0 saturated heterocycles. The van der Waals surface area contributed by atoms with Crippen LogP contribution in [0.4, 0.5) is 10.1 Å². The quantitative estimate of drug-likeness (QED) is 0.911. The maximum Gasteiger partial charge on any atom is 0.123 e. The number of rotatable bonds is 5. The van der Waals surface area contributed by atoms with Crippen molar-refractivity contribution in [1.29, 1.82) is 0 Å². The summed E-state index contributed by atoms with van der Waals surface area (Å²) in [6, 6.07) is 14.0. The Bertz CT molecular complexity index is 539. The Morgan fingerprint density at radius 1 is 1.10 bits per heavy atom. The van der Waals surface area contributed by atoms with Crippen molar-refractivity contribution < 1.29 is 9.13 Å². The Hall–Kier alpha value is -2.07. The summed E-state index contributed by atoms with van der Waals surface area (Å²) in [6.45, 7) is 0.651. The number of benzene rings is 2. The summed E-state index contributed by atoms with van der Waals surface area (Å²) in [5.74, 6) is 0.578. The zero-order chi connectivity index (χ0) is 14.5. The summed E-state index contributed by atoms with van der Waals surface area (Å²) in [7, 11) is 3.58. The van der Waals surface area contributed by atoms with Crippen LogP contribution < -0.4 is 15.4 Å². The maximum absolute atomic E-state index is 12.9. The lowest BCUT2D eigenvalue weighted by atomic mass is 10.1. The molecule has 0 heterocycles.